The maximum atomic E-state index is 14.9. The second-order valence-corrected chi connectivity index (χ2v) is 17.2. The maximum absolute atomic E-state index is 14.9. The first kappa shape index (κ1) is 33.0. The Morgan fingerprint density at radius 2 is 1.79 bits per heavy atom. The van der Waals surface area contributed by atoms with E-state index in [2.05, 4.69) is 49.5 Å². The van der Waals surface area contributed by atoms with Gasteiger partial charge < -0.3 is 25.2 Å². The molecule has 2 bridgehead atoms. The van der Waals surface area contributed by atoms with Crippen molar-refractivity contribution in [2.75, 3.05) is 26.8 Å². The topological polar surface area (TPSA) is 99.1 Å². The Bertz CT molecular complexity index is 1600. The van der Waals surface area contributed by atoms with Crippen molar-refractivity contribution in [3.8, 4) is 0 Å². The SMILES string of the molecule is COCCCN(CC1(O)CCC2C34C=CC5(C=C3C(=O)c3cc6ccccc6s3)CC(O)CCC5(C)C4CCC21C)C(=O)NC(C)C. The Hall–Kier alpha value is -2.52. The van der Waals surface area contributed by atoms with Gasteiger partial charge in [-0.1, -0.05) is 50.3 Å². The van der Waals surface area contributed by atoms with Crippen LogP contribution in [0.2, 0.25) is 0 Å². The molecule has 6 aliphatic carbocycles. The number of carbonyl (C=O) groups excluding carboxylic acids is 2. The third-order valence-electron chi connectivity index (χ3n) is 13.5. The Balaban J connectivity index is 1.31. The number of nitrogens with zero attached hydrogens (tertiary/aromatic N) is 1. The molecule has 1 aromatic heterocycles. The van der Waals surface area contributed by atoms with Crippen molar-refractivity contribution in [3.05, 3.63) is 59.0 Å². The number of hydrogen-bond acceptors (Lipinski definition) is 6. The van der Waals surface area contributed by atoms with Crippen LogP contribution in [0.1, 0.15) is 88.7 Å². The monoisotopic (exact) mass is 660 g/mol. The number of nitrogens with one attached hydrogen (secondary N) is 1. The summed E-state index contributed by atoms with van der Waals surface area (Å²) in [7, 11) is 1.67. The number of benzene rings is 1. The van der Waals surface area contributed by atoms with Gasteiger partial charge in [0.1, 0.15) is 0 Å². The molecule has 6 aliphatic rings. The first-order valence-electron chi connectivity index (χ1n) is 17.7. The van der Waals surface area contributed by atoms with Crippen molar-refractivity contribution in [1.29, 1.82) is 0 Å². The lowest BCUT2D eigenvalue weighted by atomic mass is 9.32. The fourth-order valence-corrected chi connectivity index (χ4v) is 12.1. The molecule has 47 heavy (non-hydrogen) atoms. The summed E-state index contributed by atoms with van der Waals surface area (Å²) < 4.78 is 6.42. The van der Waals surface area contributed by atoms with E-state index >= 15 is 0 Å². The lowest BCUT2D eigenvalue weighted by Crippen LogP contribution is -2.67. The van der Waals surface area contributed by atoms with Gasteiger partial charge in [-0.3, -0.25) is 4.79 Å². The number of methoxy groups -OCH3 is 1. The number of Topliss-reactive ketones (excluding diaryl/α,β-unsaturated/α-hetero) is 1. The van der Waals surface area contributed by atoms with Gasteiger partial charge in [0.25, 0.3) is 0 Å². The highest BCUT2D eigenvalue weighted by molar-refractivity contribution is 7.21. The fraction of sp³-hybridized carbons (Fsp3) is 0.641. The van der Waals surface area contributed by atoms with Crippen molar-refractivity contribution in [3.63, 3.8) is 0 Å². The van der Waals surface area contributed by atoms with Crippen molar-refractivity contribution in [2.45, 2.75) is 96.8 Å². The zero-order valence-electron chi connectivity index (χ0n) is 28.7. The van der Waals surface area contributed by atoms with Gasteiger partial charge in [-0.25, -0.2) is 4.79 Å². The van der Waals surface area contributed by atoms with E-state index in [1.54, 1.807) is 23.3 Å². The highest BCUT2D eigenvalue weighted by Gasteiger charge is 2.74. The van der Waals surface area contributed by atoms with E-state index in [1.807, 2.05) is 32.0 Å². The van der Waals surface area contributed by atoms with Crippen LogP contribution in [0.15, 0.2) is 54.1 Å². The summed E-state index contributed by atoms with van der Waals surface area (Å²) in [6, 6.07) is 10.1. The van der Waals surface area contributed by atoms with Gasteiger partial charge in [0.2, 0.25) is 0 Å². The number of carbonyl (C=O) groups is 2. The Labute approximate surface area is 283 Å². The zero-order valence-corrected chi connectivity index (χ0v) is 29.5. The molecule has 0 radical (unpaired) electrons. The van der Waals surface area contributed by atoms with Crippen LogP contribution in [0, 0.1) is 33.5 Å². The van der Waals surface area contributed by atoms with Crippen LogP contribution in [-0.4, -0.2) is 71.5 Å². The first-order valence-corrected chi connectivity index (χ1v) is 18.6. The molecule has 2 amide bonds. The molecule has 2 aromatic rings. The van der Waals surface area contributed by atoms with E-state index in [-0.39, 0.29) is 53.2 Å². The van der Waals surface area contributed by atoms with Gasteiger partial charge >= 0.3 is 6.03 Å². The molecule has 0 saturated heterocycles. The van der Waals surface area contributed by atoms with Gasteiger partial charge in [-0.2, -0.15) is 0 Å². The summed E-state index contributed by atoms with van der Waals surface area (Å²) in [4.78, 5) is 31.0. The van der Waals surface area contributed by atoms with E-state index in [0.29, 0.717) is 32.4 Å². The number of ether oxygens (including phenoxy) is 1. The Morgan fingerprint density at radius 1 is 1.06 bits per heavy atom. The number of aliphatic hydroxyl groups excluding tert-OH is 1. The standard InChI is InChI=1S/C39H52N2O5S/c1-25(2)40-34(44)41(19-8-20-46-5)24-38(45)16-13-32-36(38,4)15-12-31-35(3)14-11-27(42)22-37(35)17-18-39(31,32)28(23-37)33(43)30-21-26-9-6-7-10-29(26)47-30/h6-7,9-10,17-18,21,23,25,27,31-32,42,45H,8,11-16,19-20,22,24H2,1-5H3,(H,40,44). The lowest BCUT2D eigenvalue weighted by Gasteiger charge is -2.71. The second-order valence-electron chi connectivity index (χ2n) is 16.2. The highest BCUT2D eigenvalue weighted by atomic mass is 32.1. The third-order valence-corrected chi connectivity index (χ3v) is 14.6. The molecule has 8 atom stereocenters. The van der Waals surface area contributed by atoms with Gasteiger partial charge in [0.05, 0.1) is 23.1 Å². The largest absolute Gasteiger partial charge is 0.393 e. The first-order chi connectivity index (χ1) is 22.3. The zero-order chi connectivity index (χ0) is 33.4. The molecule has 1 aromatic carbocycles. The molecule has 8 heteroatoms. The van der Waals surface area contributed by atoms with E-state index in [1.165, 1.54) is 0 Å². The van der Waals surface area contributed by atoms with E-state index in [0.717, 1.165) is 52.6 Å². The van der Waals surface area contributed by atoms with Crippen LogP contribution in [0.3, 0.4) is 0 Å². The summed E-state index contributed by atoms with van der Waals surface area (Å²) in [5, 5.41) is 28.0. The third kappa shape index (κ3) is 4.75. The van der Waals surface area contributed by atoms with E-state index in [9.17, 15) is 19.8 Å². The number of fused-ring (bicyclic) bond motifs is 2. The Kier molecular flexibility index (Phi) is 8.10. The molecule has 3 fully saturated rings. The van der Waals surface area contributed by atoms with Crippen LogP contribution in [0.25, 0.3) is 10.1 Å². The van der Waals surface area contributed by atoms with E-state index in [4.69, 9.17) is 4.74 Å². The predicted octanol–water partition coefficient (Wildman–Crippen LogP) is 7.13. The number of rotatable bonds is 9. The molecule has 2 spiro atoms. The molecule has 254 valence electrons. The lowest BCUT2D eigenvalue weighted by molar-refractivity contribution is -0.174. The number of thiophene rings is 1. The number of amides is 2. The summed E-state index contributed by atoms with van der Waals surface area (Å²) in [5.74, 6) is 0.364. The normalized spacial score (nSPS) is 38.6. The number of aliphatic hydroxyl groups is 2. The number of ketones is 1. The van der Waals surface area contributed by atoms with Crippen molar-refractivity contribution in [1.82, 2.24) is 10.2 Å². The minimum absolute atomic E-state index is 0.0134. The number of hydrogen-bond donors (Lipinski definition) is 3. The Morgan fingerprint density at radius 3 is 2.53 bits per heavy atom. The summed E-state index contributed by atoms with van der Waals surface area (Å²) in [5.41, 5.74) is -1.71. The molecule has 1 heterocycles. The average Bonchev–Trinajstić information content (AvgIpc) is 3.58. The van der Waals surface area contributed by atoms with Gasteiger partial charge in [0, 0.05) is 52.8 Å². The minimum atomic E-state index is -1.10. The molecule has 3 N–H and O–H groups in total. The highest BCUT2D eigenvalue weighted by Crippen LogP contribution is 2.78. The number of urea groups is 1. The molecular weight excluding hydrogens is 609 g/mol. The summed E-state index contributed by atoms with van der Waals surface area (Å²) in [6.07, 6.45) is 12.7. The van der Waals surface area contributed by atoms with Crippen LogP contribution in [0.5, 0.6) is 0 Å². The number of allylic oxidation sites excluding steroid dienone is 4. The molecule has 7 nitrogen and oxygen atoms in total. The van der Waals surface area contributed by atoms with Crippen molar-refractivity contribution < 1.29 is 24.5 Å². The molecular formula is C39H52N2O5S. The van der Waals surface area contributed by atoms with Crippen molar-refractivity contribution in [2.24, 2.45) is 33.5 Å². The molecule has 0 aliphatic heterocycles. The summed E-state index contributed by atoms with van der Waals surface area (Å²) in [6.45, 7) is 9.86. The van der Waals surface area contributed by atoms with Gasteiger partial charge in [-0.15, -0.1) is 11.3 Å². The smallest absolute Gasteiger partial charge is 0.317 e. The van der Waals surface area contributed by atoms with Gasteiger partial charge in [-0.05, 0) is 100.0 Å². The summed E-state index contributed by atoms with van der Waals surface area (Å²) >= 11 is 1.56. The molecule has 3 saturated carbocycles. The minimum Gasteiger partial charge on any atom is -0.393 e. The van der Waals surface area contributed by atoms with Crippen LogP contribution >= 0.6 is 11.3 Å². The maximum Gasteiger partial charge on any atom is 0.317 e. The van der Waals surface area contributed by atoms with Crippen LogP contribution < -0.4 is 5.32 Å². The molecule has 8 unspecified atom stereocenters. The fourth-order valence-electron chi connectivity index (χ4n) is 11.1. The van der Waals surface area contributed by atoms with Crippen molar-refractivity contribution >= 4 is 33.2 Å². The predicted molar refractivity (Wildman–Crippen MR) is 186 cm³/mol. The quantitative estimate of drug-likeness (QED) is 0.151. The van der Waals surface area contributed by atoms with E-state index < -0.39 is 16.4 Å². The van der Waals surface area contributed by atoms with Crippen LogP contribution in [0.4, 0.5) is 4.79 Å². The second kappa shape index (κ2) is 11.5. The van der Waals surface area contributed by atoms with Crippen LogP contribution in [-0.2, 0) is 4.74 Å². The average molecular weight is 661 g/mol. The molecule has 8 rings (SSSR count). The van der Waals surface area contributed by atoms with Gasteiger partial charge in [0.15, 0.2) is 5.78 Å².